The second kappa shape index (κ2) is 5.69. The van der Waals surface area contributed by atoms with E-state index in [9.17, 15) is 8.42 Å². The largest absolute Gasteiger partial charge is 0.392 e. The van der Waals surface area contributed by atoms with Crippen molar-refractivity contribution >= 4 is 21.4 Å². The molecule has 0 amide bonds. The van der Waals surface area contributed by atoms with Crippen molar-refractivity contribution in [2.45, 2.75) is 37.0 Å². The average Bonchev–Trinajstić information content (AvgIpc) is 2.98. The van der Waals surface area contributed by atoms with E-state index in [1.54, 1.807) is 15.8 Å². The van der Waals surface area contributed by atoms with Crippen molar-refractivity contribution in [1.29, 1.82) is 0 Å². The third-order valence-electron chi connectivity index (χ3n) is 3.35. The zero-order chi connectivity index (χ0) is 13.2. The lowest BCUT2D eigenvalue weighted by molar-refractivity contribution is 0.282. The summed E-state index contributed by atoms with van der Waals surface area (Å²) in [7, 11) is -3.34. The van der Waals surface area contributed by atoms with Gasteiger partial charge in [0.2, 0.25) is 0 Å². The van der Waals surface area contributed by atoms with E-state index in [2.05, 4.69) is 6.92 Å². The molecule has 4 nitrogen and oxygen atoms in total. The van der Waals surface area contributed by atoms with Crippen LogP contribution in [0.3, 0.4) is 0 Å². The first-order valence-corrected chi connectivity index (χ1v) is 8.58. The Labute approximate surface area is 112 Å². The number of nitrogens with zero attached hydrogens (tertiary/aromatic N) is 1. The molecule has 1 fully saturated rings. The summed E-state index contributed by atoms with van der Waals surface area (Å²) >= 11 is 1.19. The van der Waals surface area contributed by atoms with E-state index in [0.29, 0.717) is 28.8 Å². The van der Waals surface area contributed by atoms with E-state index in [1.807, 2.05) is 0 Å². The van der Waals surface area contributed by atoms with Crippen molar-refractivity contribution in [3.05, 3.63) is 17.0 Å². The Morgan fingerprint density at radius 1 is 1.56 bits per heavy atom. The Balaban J connectivity index is 2.12. The molecule has 0 aliphatic carbocycles. The number of rotatable bonds is 5. The first-order valence-electron chi connectivity index (χ1n) is 6.26. The monoisotopic (exact) mass is 289 g/mol. The van der Waals surface area contributed by atoms with Gasteiger partial charge in [0, 0.05) is 13.1 Å². The average molecular weight is 289 g/mol. The van der Waals surface area contributed by atoms with Gasteiger partial charge in [-0.25, -0.2) is 8.42 Å². The number of thiophene rings is 1. The van der Waals surface area contributed by atoms with Crippen LogP contribution < -0.4 is 0 Å². The minimum Gasteiger partial charge on any atom is -0.392 e. The number of sulfonamides is 1. The summed E-state index contributed by atoms with van der Waals surface area (Å²) in [5, 5.41) is 10.7. The van der Waals surface area contributed by atoms with Crippen LogP contribution in [0.2, 0.25) is 0 Å². The Kier molecular flexibility index (Phi) is 4.42. The minimum absolute atomic E-state index is 0.107. The summed E-state index contributed by atoms with van der Waals surface area (Å²) in [6, 6.07) is 1.58. The van der Waals surface area contributed by atoms with Gasteiger partial charge in [0.05, 0.1) is 6.61 Å². The van der Waals surface area contributed by atoms with Crippen LogP contribution >= 0.6 is 11.3 Å². The van der Waals surface area contributed by atoms with Crippen molar-refractivity contribution in [3.63, 3.8) is 0 Å². The first kappa shape index (κ1) is 14.0. The van der Waals surface area contributed by atoms with Gasteiger partial charge in [0.15, 0.2) is 0 Å². The maximum Gasteiger partial charge on any atom is 0.252 e. The SMILES string of the molecule is CCCC1CCN(S(=O)(=O)c2cc(CO)cs2)C1. The van der Waals surface area contributed by atoms with Crippen LogP contribution in [0.1, 0.15) is 31.7 Å². The van der Waals surface area contributed by atoms with Crippen LogP contribution in [0.4, 0.5) is 0 Å². The van der Waals surface area contributed by atoms with Crippen molar-refractivity contribution in [2.75, 3.05) is 13.1 Å². The Hall–Kier alpha value is -0.430. The van der Waals surface area contributed by atoms with Crippen molar-refractivity contribution in [1.82, 2.24) is 4.31 Å². The lowest BCUT2D eigenvalue weighted by atomic mass is 10.0. The Morgan fingerprint density at radius 3 is 2.94 bits per heavy atom. The molecule has 18 heavy (non-hydrogen) atoms. The summed E-state index contributed by atoms with van der Waals surface area (Å²) in [6.07, 6.45) is 3.16. The van der Waals surface area contributed by atoms with Crippen molar-refractivity contribution in [2.24, 2.45) is 5.92 Å². The predicted molar refractivity (Wildman–Crippen MR) is 72.0 cm³/mol. The summed E-state index contributed by atoms with van der Waals surface area (Å²) in [4.78, 5) is 0. The highest BCUT2D eigenvalue weighted by Gasteiger charge is 2.32. The third-order valence-corrected chi connectivity index (χ3v) is 6.68. The topological polar surface area (TPSA) is 57.6 Å². The van der Waals surface area contributed by atoms with E-state index in [0.717, 1.165) is 19.3 Å². The molecule has 1 unspecified atom stereocenters. The molecule has 1 saturated heterocycles. The van der Waals surface area contributed by atoms with Crippen molar-refractivity contribution in [3.8, 4) is 0 Å². The second-order valence-corrected chi connectivity index (χ2v) is 7.81. The number of hydrogen-bond donors (Lipinski definition) is 1. The fourth-order valence-electron chi connectivity index (χ4n) is 2.36. The zero-order valence-electron chi connectivity index (χ0n) is 10.5. The van der Waals surface area contributed by atoms with Gasteiger partial charge in [-0.3, -0.25) is 0 Å². The number of aliphatic hydroxyl groups excluding tert-OH is 1. The summed E-state index contributed by atoms with van der Waals surface area (Å²) in [5.74, 6) is 0.502. The minimum atomic E-state index is -3.34. The molecule has 1 aliphatic heterocycles. The molecular weight excluding hydrogens is 270 g/mol. The van der Waals surface area contributed by atoms with E-state index in [4.69, 9.17) is 5.11 Å². The van der Waals surface area contributed by atoms with E-state index in [-0.39, 0.29) is 6.61 Å². The highest BCUT2D eigenvalue weighted by atomic mass is 32.2. The molecule has 1 aromatic heterocycles. The molecule has 0 radical (unpaired) electrons. The van der Waals surface area contributed by atoms with Gasteiger partial charge in [-0.05, 0) is 35.8 Å². The maximum atomic E-state index is 12.4. The summed E-state index contributed by atoms with van der Waals surface area (Å²) in [5.41, 5.74) is 0.669. The Morgan fingerprint density at radius 2 is 2.33 bits per heavy atom. The number of aliphatic hydroxyl groups is 1. The molecule has 6 heteroatoms. The zero-order valence-corrected chi connectivity index (χ0v) is 12.1. The van der Waals surface area contributed by atoms with Gasteiger partial charge in [0.1, 0.15) is 4.21 Å². The normalized spacial score (nSPS) is 21.6. The first-order chi connectivity index (χ1) is 8.57. The predicted octanol–water partition coefficient (Wildman–Crippen LogP) is 2.05. The highest BCUT2D eigenvalue weighted by Crippen LogP contribution is 2.29. The molecule has 102 valence electrons. The van der Waals surface area contributed by atoms with Gasteiger partial charge >= 0.3 is 0 Å². The molecular formula is C12H19NO3S2. The van der Waals surface area contributed by atoms with Gasteiger partial charge in [-0.1, -0.05) is 13.3 Å². The summed E-state index contributed by atoms with van der Waals surface area (Å²) in [6.45, 7) is 3.29. The van der Waals surface area contributed by atoms with Crippen LogP contribution in [-0.4, -0.2) is 30.9 Å². The van der Waals surface area contributed by atoms with Gasteiger partial charge < -0.3 is 5.11 Å². The molecule has 2 rings (SSSR count). The van der Waals surface area contributed by atoms with Crippen LogP contribution in [-0.2, 0) is 16.6 Å². The molecule has 1 aliphatic rings. The van der Waals surface area contributed by atoms with Crippen LogP contribution in [0.25, 0.3) is 0 Å². The Bertz CT molecular complexity index is 495. The molecule has 0 bridgehead atoms. The van der Waals surface area contributed by atoms with Crippen molar-refractivity contribution < 1.29 is 13.5 Å². The molecule has 0 saturated carbocycles. The molecule has 1 atom stereocenters. The fourth-order valence-corrected chi connectivity index (χ4v) is 5.24. The molecule has 2 heterocycles. The molecule has 0 spiro atoms. The molecule has 1 aromatic rings. The van der Waals surface area contributed by atoms with Crippen LogP contribution in [0, 0.1) is 5.92 Å². The van der Waals surface area contributed by atoms with Crippen LogP contribution in [0.5, 0.6) is 0 Å². The lowest BCUT2D eigenvalue weighted by Crippen LogP contribution is -2.28. The highest BCUT2D eigenvalue weighted by molar-refractivity contribution is 7.91. The van der Waals surface area contributed by atoms with Gasteiger partial charge in [0.25, 0.3) is 10.0 Å². The van der Waals surface area contributed by atoms with Gasteiger partial charge in [-0.15, -0.1) is 11.3 Å². The molecule has 1 N–H and O–H groups in total. The third kappa shape index (κ3) is 2.77. The van der Waals surface area contributed by atoms with Gasteiger partial charge in [-0.2, -0.15) is 4.31 Å². The van der Waals surface area contributed by atoms with E-state index in [1.165, 1.54) is 11.3 Å². The quantitative estimate of drug-likeness (QED) is 0.902. The van der Waals surface area contributed by atoms with E-state index >= 15 is 0 Å². The lowest BCUT2D eigenvalue weighted by Gasteiger charge is -2.15. The number of hydrogen-bond acceptors (Lipinski definition) is 4. The maximum absolute atomic E-state index is 12.4. The van der Waals surface area contributed by atoms with E-state index < -0.39 is 10.0 Å². The second-order valence-electron chi connectivity index (χ2n) is 4.74. The molecule has 0 aromatic carbocycles. The van der Waals surface area contributed by atoms with Crippen LogP contribution in [0.15, 0.2) is 15.7 Å². The smallest absolute Gasteiger partial charge is 0.252 e. The standard InChI is InChI=1S/C12H19NO3S2/c1-2-3-10-4-5-13(7-10)18(15,16)12-6-11(8-14)9-17-12/h6,9-10,14H,2-5,7-8H2,1H3. The summed E-state index contributed by atoms with van der Waals surface area (Å²) < 4.78 is 26.7. The fraction of sp³-hybridized carbons (Fsp3) is 0.667.